The summed E-state index contributed by atoms with van der Waals surface area (Å²) in [5.74, 6) is -0.464. The van der Waals surface area contributed by atoms with Crippen molar-refractivity contribution in [3.8, 4) is 0 Å². The number of Topliss-reactive ketones (excluding diaryl/α,β-unsaturated/α-hetero) is 1. The van der Waals surface area contributed by atoms with E-state index in [1.54, 1.807) is 36.4 Å². The first-order valence-electron chi connectivity index (χ1n) is 7.93. The highest BCUT2D eigenvalue weighted by molar-refractivity contribution is 7.12. The summed E-state index contributed by atoms with van der Waals surface area (Å²) in [7, 11) is 0. The normalized spacial score (nSPS) is 10.3. The second-order valence-electron chi connectivity index (χ2n) is 5.46. The highest BCUT2D eigenvalue weighted by Gasteiger charge is 2.11. The molecule has 0 aliphatic carbocycles. The van der Waals surface area contributed by atoms with Gasteiger partial charge in [0, 0.05) is 24.2 Å². The Balaban J connectivity index is 1.53. The van der Waals surface area contributed by atoms with Crippen molar-refractivity contribution in [1.82, 2.24) is 0 Å². The Bertz CT molecular complexity index is 903. The fraction of sp³-hybridized carbons (Fsp3) is 0.105. The van der Waals surface area contributed by atoms with Gasteiger partial charge in [0.1, 0.15) is 0 Å². The zero-order chi connectivity index (χ0) is 18.4. The second kappa shape index (κ2) is 8.55. The highest BCUT2D eigenvalue weighted by atomic mass is 32.1. The molecule has 3 rings (SSSR count). The molecular formula is C19H16N2O3S2. The topological polar surface area (TPSA) is 75.3 Å². The summed E-state index contributed by atoms with van der Waals surface area (Å²) in [6.07, 6.45) is 0.281. The van der Waals surface area contributed by atoms with Gasteiger partial charge in [0.15, 0.2) is 5.78 Å². The molecule has 2 N–H and O–H groups in total. The molecule has 0 saturated carbocycles. The molecule has 0 aliphatic heterocycles. The van der Waals surface area contributed by atoms with Crippen molar-refractivity contribution < 1.29 is 14.4 Å². The van der Waals surface area contributed by atoms with Crippen LogP contribution in [-0.4, -0.2) is 17.6 Å². The third kappa shape index (κ3) is 4.87. The first-order chi connectivity index (χ1) is 12.6. The van der Waals surface area contributed by atoms with E-state index in [2.05, 4.69) is 10.6 Å². The number of nitrogens with one attached hydrogen (secondary N) is 2. The van der Waals surface area contributed by atoms with Gasteiger partial charge in [-0.25, -0.2) is 0 Å². The Kier molecular flexibility index (Phi) is 5.93. The monoisotopic (exact) mass is 384 g/mol. The summed E-state index contributed by atoms with van der Waals surface area (Å²) in [4.78, 5) is 37.3. The Hall–Kier alpha value is -2.77. The van der Waals surface area contributed by atoms with Gasteiger partial charge < -0.3 is 10.6 Å². The predicted octanol–water partition coefficient (Wildman–Crippen LogP) is 4.66. The predicted molar refractivity (Wildman–Crippen MR) is 105 cm³/mol. The first-order valence-corrected chi connectivity index (χ1v) is 9.69. The number of anilines is 2. The smallest absolute Gasteiger partial charge is 0.265 e. The Morgan fingerprint density at radius 1 is 0.769 bits per heavy atom. The molecule has 2 aromatic heterocycles. The van der Waals surface area contributed by atoms with Crippen LogP contribution in [0.25, 0.3) is 0 Å². The standard InChI is InChI=1S/C19H16N2O3S2/c22-15(16-6-2-10-25-16)8-9-18(23)20-13-4-1-5-14(12-13)21-19(24)17-7-3-11-26-17/h1-7,10-12H,8-9H2,(H,20,23)(H,21,24). The van der Waals surface area contributed by atoms with Crippen LogP contribution in [0.5, 0.6) is 0 Å². The van der Waals surface area contributed by atoms with Gasteiger partial charge in [-0.05, 0) is 41.1 Å². The van der Waals surface area contributed by atoms with Crippen molar-refractivity contribution in [2.45, 2.75) is 12.8 Å². The maximum atomic E-state index is 12.1. The number of amides is 2. The largest absolute Gasteiger partial charge is 0.326 e. The summed E-state index contributed by atoms with van der Waals surface area (Å²) >= 11 is 2.73. The molecule has 2 amide bonds. The van der Waals surface area contributed by atoms with E-state index in [-0.39, 0.29) is 30.4 Å². The minimum absolute atomic E-state index is 0.0351. The zero-order valence-electron chi connectivity index (χ0n) is 13.7. The molecule has 0 atom stereocenters. The number of rotatable bonds is 7. The fourth-order valence-corrected chi connectivity index (χ4v) is 3.60. The molecule has 2 heterocycles. The van der Waals surface area contributed by atoms with Gasteiger partial charge in [-0.2, -0.15) is 0 Å². The van der Waals surface area contributed by atoms with E-state index >= 15 is 0 Å². The van der Waals surface area contributed by atoms with Crippen LogP contribution in [0, 0.1) is 0 Å². The second-order valence-corrected chi connectivity index (χ2v) is 7.36. The van der Waals surface area contributed by atoms with Crippen molar-refractivity contribution in [2.24, 2.45) is 0 Å². The molecule has 0 saturated heterocycles. The van der Waals surface area contributed by atoms with Crippen molar-refractivity contribution in [3.63, 3.8) is 0 Å². The molecule has 0 bridgehead atoms. The zero-order valence-corrected chi connectivity index (χ0v) is 15.4. The van der Waals surface area contributed by atoms with Gasteiger partial charge in [0.05, 0.1) is 9.75 Å². The van der Waals surface area contributed by atoms with Gasteiger partial charge in [-0.1, -0.05) is 18.2 Å². The van der Waals surface area contributed by atoms with Crippen LogP contribution in [0.4, 0.5) is 11.4 Å². The van der Waals surface area contributed by atoms with Crippen LogP contribution in [0.3, 0.4) is 0 Å². The van der Waals surface area contributed by atoms with Crippen LogP contribution >= 0.6 is 22.7 Å². The van der Waals surface area contributed by atoms with Crippen molar-refractivity contribution >= 4 is 51.6 Å². The molecular weight excluding hydrogens is 368 g/mol. The molecule has 7 heteroatoms. The molecule has 0 radical (unpaired) electrons. The van der Waals surface area contributed by atoms with Crippen molar-refractivity contribution in [2.75, 3.05) is 10.6 Å². The minimum atomic E-state index is -0.239. The maximum absolute atomic E-state index is 12.1. The van der Waals surface area contributed by atoms with Gasteiger partial charge in [-0.15, -0.1) is 22.7 Å². The van der Waals surface area contributed by atoms with Crippen molar-refractivity contribution in [3.05, 3.63) is 69.0 Å². The lowest BCUT2D eigenvalue weighted by Gasteiger charge is -2.08. The molecule has 0 spiro atoms. The number of hydrogen-bond acceptors (Lipinski definition) is 5. The van der Waals surface area contributed by atoms with E-state index in [0.29, 0.717) is 21.1 Å². The number of carbonyl (C=O) groups is 3. The lowest BCUT2D eigenvalue weighted by molar-refractivity contribution is -0.116. The summed E-state index contributed by atoms with van der Waals surface area (Å²) in [5, 5.41) is 9.22. The number of carbonyl (C=O) groups excluding carboxylic acids is 3. The lowest BCUT2D eigenvalue weighted by atomic mass is 10.2. The summed E-state index contributed by atoms with van der Waals surface area (Å²) in [6.45, 7) is 0. The Labute approximate surface area is 158 Å². The van der Waals surface area contributed by atoms with Crippen LogP contribution in [0.1, 0.15) is 32.2 Å². The molecule has 0 fully saturated rings. The van der Waals surface area contributed by atoms with Crippen LogP contribution in [-0.2, 0) is 4.79 Å². The van der Waals surface area contributed by atoms with Gasteiger partial charge >= 0.3 is 0 Å². The van der Waals surface area contributed by atoms with Crippen LogP contribution in [0.2, 0.25) is 0 Å². The van der Waals surface area contributed by atoms with Crippen LogP contribution < -0.4 is 10.6 Å². The van der Waals surface area contributed by atoms with Gasteiger partial charge in [0.25, 0.3) is 5.91 Å². The van der Waals surface area contributed by atoms with E-state index in [1.165, 1.54) is 22.7 Å². The molecule has 26 heavy (non-hydrogen) atoms. The Morgan fingerprint density at radius 2 is 1.42 bits per heavy atom. The third-order valence-electron chi connectivity index (χ3n) is 3.52. The SMILES string of the molecule is O=C(CCC(=O)c1cccs1)Nc1cccc(NC(=O)c2cccs2)c1. The summed E-state index contributed by atoms with van der Waals surface area (Å²) < 4.78 is 0. The minimum Gasteiger partial charge on any atom is -0.326 e. The van der Waals surface area contributed by atoms with E-state index in [4.69, 9.17) is 0 Å². The highest BCUT2D eigenvalue weighted by Crippen LogP contribution is 2.18. The van der Waals surface area contributed by atoms with E-state index in [9.17, 15) is 14.4 Å². The summed E-state index contributed by atoms with van der Waals surface area (Å²) in [5.41, 5.74) is 1.17. The van der Waals surface area contributed by atoms with Crippen LogP contribution in [0.15, 0.2) is 59.3 Å². The summed E-state index contributed by atoms with van der Waals surface area (Å²) in [6, 6.07) is 14.0. The number of benzene rings is 1. The molecule has 132 valence electrons. The average molecular weight is 384 g/mol. The molecule has 1 aromatic carbocycles. The number of thiophene rings is 2. The number of ketones is 1. The van der Waals surface area contributed by atoms with Gasteiger partial charge in [-0.3, -0.25) is 14.4 Å². The van der Waals surface area contributed by atoms with E-state index in [0.717, 1.165) is 0 Å². The van der Waals surface area contributed by atoms with E-state index < -0.39 is 0 Å². The number of hydrogen-bond donors (Lipinski definition) is 2. The van der Waals surface area contributed by atoms with Crippen molar-refractivity contribution in [1.29, 1.82) is 0 Å². The quantitative estimate of drug-likeness (QED) is 0.582. The average Bonchev–Trinajstić information content (AvgIpc) is 3.33. The molecule has 3 aromatic rings. The van der Waals surface area contributed by atoms with Gasteiger partial charge in [0.2, 0.25) is 5.91 Å². The lowest BCUT2D eigenvalue weighted by Crippen LogP contribution is -2.14. The maximum Gasteiger partial charge on any atom is 0.265 e. The Morgan fingerprint density at radius 3 is 2.08 bits per heavy atom. The first kappa shape index (κ1) is 18.0. The molecule has 5 nitrogen and oxygen atoms in total. The fourth-order valence-electron chi connectivity index (χ4n) is 2.29. The molecule has 0 aliphatic rings. The molecule has 0 unspecified atom stereocenters. The third-order valence-corrected chi connectivity index (χ3v) is 5.30. The van der Waals surface area contributed by atoms with E-state index in [1.807, 2.05) is 22.9 Å².